The first-order valence-corrected chi connectivity index (χ1v) is 11.5. The number of thioether (sulfide) groups is 1. The maximum Gasteiger partial charge on any atom is 0.145 e. The Morgan fingerprint density at radius 2 is 2.13 bits per heavy atom. The molecule has 2 heterocycles. The molecule has 2 aliphatic heterocycles. The Labute approximate surface area is 181 Å². The molecular weight excluding hydrogens is 399 g/mol. The van der Waals surface area contributed by atoms with E-state index in [0.717, 1.165) is 51.6 Å². The smallest absolute Gasteiger partial charge is 0.145 e. The number of alkyl halides is 1. The fourth-order valence-electron chi connectivity index (χ4n) is 4.64. The molecule has 2 N–H and O–H groups in total. The second kappa shape index (κ2) is 8.61. The van der Waals surface area contributed by atoms with Crippen LogP contribution < -0.4 is 5.73 Å². The van der Waals surface area contributed by atoms with E-state index in [-0.39, 0.29) is 23.7 Å². The number of ketones is 1. The Balaban J connectivity index is 1.66. The average Bonchev–Trinajstić information content (AvgIpc) is 2.98. The third-order valence-electron chi connectivity index (χ3n) is 6.49. The minimum absolute atomic E-state index is 0.182. The topological polar surface area (TPSA) is 80.2 Å². The van der Waals surface area contributed by atoms with Crippen LogP contribution in [-0.4, -0.2) is 35.1 Å². The second-order valence-corrected chi connectivity index (χ2v) is 9.77. The van der Waals surface area contributed by atoms with Crippen LogP contribution in [0.2, 0.25) is 0 Å². The third-order valence-corrected chi connectivity index (χ3v) is 7.65. The first-order chi connectivity index (χ1) is 14.3. The molecule has 0 aromatic heterocycles. The first kappa shape index (κ1) is 21.2. The summed E-state index contributed by atoms with van der Waals surface area (Å²) in [6, 6.07) is 3.79. The molecule has 0 radical (unpaired) electrons. The normalized spacial score (nSPS) is 28.1. The molecule has 4 rings (SSSR count). The molecule has 0 amide bonds. The molecule has 5 nitrogen and oxygen atoms in total. The molecule has 0 spiro atoms. The Morgan fingerprint density at radius 3 is 2.90 bits per heavy atom. The summed E-state index contributed by atoms with van der Waals surface area (Å²) in [5, 5.41) is 0.960. The van der Waals surface area contributed by atoms with Crippen molar-refractivity contribution in [1.82, 2.24) is 0 Å². The fourth-order valence-corrected chi connectivity index (χ4v) is 5.76. The number of hydrogen-bond donors (Lipinski definition) is 1. The quantitative estimate of drug-likeness (QED) is 0.761. The number of nitrogens with zero attached hydrogens (tertiary/aromatic N) is 3. The van der Waals surface area contributed by atoms with Crippen molar-refractivity contribution in [3.63, 3.8) is 0 Å². The van der Waals surface area contributed by atoms with Crippen molar-refractivity contribution >= 4 is 34.1 Å². The van der Waals surface area contributed by atoms with E-state index >= 15 is 0 Å². The van der Waals surface area contributed by atoms with Crippen LogP contribution >= 0.6 is 11.8 Å². The van der Waals surface area contributed by atoms with Gasteiger partial charge in [0.15, 0.2) is 0 Å². The van der Waals surface area contributed by atoms with Gasteiger partial charge in [0, 0.05) is 17.0 Å². The van der Waals surface area contributed by atoms with Gasteiger partial charge in [0.2, 0.25) is 0 Å². The molecule has 0 fully saturated rings. The summed E-state index contributed by atoms with van der Waals surface area (Å²) < 4.78 is 14.3. The van der Waals surface area contributed by atoms with Crippen molar-refractivity contribution in [2.75, 3.05) is 6.67 Å². The van der Waals surface area contributed by atoms with Crippen molar-refractivity contribution in [3.05, 3.63) is 28.8 Å². The number of carbonyl (C=O) groups excluding carboxylic acids is 1. The first-order valence-electron chi connectivity index (χ1n) is 10.7. The van der Waals surface area contributed by atoms with E-state index in [4.69, 9.17) is 10.7 Å². The van der Waals surface area contributed by atoms with Crippen LogP contribution in [0, 0.1) is 18.8 Å². The van der Waals surface area contributed by atoms with E-state index < -0.39 is 6.17 Å². The number of hydrogen-bond acceptors (Lipinski definition) is 6. The number of nitrogens with two attached hydrogens (primary N) is 1. The van der Waals surface area contributed by atoms with Crippen LogP contribution in [0.15, 0.2) is 32.0 Å². The van der Waals surface area contributed by atoms with E-state index in [9.17, 15) is 9.18 Å². The predicted octanol–water partition coefficient (Wildman–Crippen LogP) is 4.61. The Hall–Kier alpha value is -2.02. The molecule has 160 valence electrons. The summed E-state index contributed by atoms with van der Waals surface area (Å²) in [6.07, 6.45) is 2.62. The molecule has 4 atom stereocenters. The zero-order valence-corrected chi connectivity index (χ0v) is 18.6. The molecule has 30 heavy (non-hydrogen) atoms. The standard InChI is InChI=1S/C23H29FN4OS/c1-12-8-16-6-7-18(24)17(16)10-19(12)30-20-9-15(5-4-13(2)29)14(3)21-22(28-20)23(25)27-11-26-21/h8,10,14-15,18,22H,4-7,9,11H2,1-3H3,(H2,25,27). The van der Waals surface area contributed by atoms with Crippen molar-refractivity contribution < 1.29 is 9.18 Å². The Kier molecular flexibility index (Phi) is 6.09. The van der Waals surface area contributed by atoms with Gasteiger partial charge in [-0.15, -0.1) is 0 Å². The van der Waals surface area contributed by atoms with Crippen LogP contribution in [0.5, 0.6) is 0 Å². The predicted molar refractivity (Wildman–Crippen MR) is 122 cm³/mol. The van der Waals surface area contributed by atoms with Gasteiger partial charge in [-0.1, -0.05) is 24.8 Å². The van der Waals surface area contributed by atoms with Crippen LogP contribution in [0.25, 0.3) is 0 Å². The lowest BCUT2D eigenvalue weighted by molar-refractivity contribution is -0.117. The van der Waals surface area contributed by atoms with Crippen molar-refractivity contribution in [3.8, 4) is 0 Å². The Morgan fingerprint density at radius 1 is 1.33 bits per heavy atom. The van der Waals surface area contributed by atoms with E-state index in [0.29, 0.717) is 25.3 Å². The van der Waals surface area contributed by atoms with Gasteiger partial charge in [0.25, 0.3) is 0 Å². The van der Waals surface area contributed by atoms with E-state index in [1.54, 1.807) is 18.7 Å². The van der Waals surface area contributed by atoms with Crippen molar-refractivity contribution in [2.45, 2.75) is 70.0 Å². The Bertz CT molecular complexity index is 955. The zero-order chi connectivity index (χ0) is 21.4. The van der Waals surface area contributed by atoms with E-state index in [2.05, 4.69) is 29.9 Å². The summed E-state index contributed by atoms with van der Waals surface area (Å²) in [5.41, 5.74) is 10.3. The lowest BCUT2D eigenvalue weighted by Crippen LogP contribution is -2.41. The van der Waals surface area contributed by atoms with Crippen LogP contribution in [-0.2, 0) is 11.2 Å². The lowest BCUT2D eigenvalue weighted by atomic mass is 9.82. The number of fused-ring (bicyclic) bond motifs is 2. The van der Waals surface area contributed by atoms with Gasteiger partial charge in [-0.2, -0.15) is 0 Å². The number of halogens is 1. The highest BCUT2D eigenvalue weighted by Gasteiger charge is 2.35. The summed E-state index contributed by atoms with van der Waals surface area (Å²) in [5.74, 6) is 1.15. The molecule has 7 heteroatoms. The minimum Gasteiger partial charge on any atom is -0.385 e. The van der Waals surface area contributed by atoms with E-state index in [1.807, 2.05) is 6.07 Å². The highest BCUT2D eigenvalue weighted by atomic mass is 32.2. The zero-order valence-electron chi connectivity index (χ0n) is 17.8. The largest absolute Gasteiger partial charge is 0.385 e. The number of benzene rings is 1. The fraction of sp³-hybridized carbons (Fsp3) is 0.565. The molecular formula is C23H29FN4OS. The second-order valence-electron chi connectivity index (χ2n) is 8.65. The summed E-state index contributed by atoms with van der Waals surface area (Å²) in [6.45, 7) is 6.22. The molecule has 0 saturated carbocycles. The maximum atomic E-state index is 14.3. The van der Waals surface area contributed by atoms with Crippen LogP contribution in [0.1, 0.15) is 62.4 Å². The van der Waals surface area contributed by atoms with Gasteiger partial charge in [-0.3, -0.25) is 9.98 Å². The third kappa shape index (κ3) is 4.22. The minimum atomic E-state index is -0.876. The van der Waals surface area contributed by atoms with E-state index in [1.165, 1.54) is 0 Å². The molecule has 0 bridgehead atoms. The monoisotopic (exact) mass is 428 g/mol. The highest BCUT2D eigenvalue weighted by molar-refractivity contribution is 8.14. The number of aliphatic imine (C=N–C) groups is 3. The van der Waals surface area contributed by atoms with Gasteiger partial charge in [0.05, 0.1) is 5.04 Å². The highest BCUT2D eigenvalue weighted by Crippen LogP contribution is 2.40. The summed E-state index contributed by atoms with van der Waals surface area (Å²) >= 11 is 1.60. The van der Waals surface area contributed by atoms with Crippen LogP contribution in [0.3, 0.4) is 0 Å². The van der Waals surface area contributed by atoms with Gasteiger partial charge in [-0.25, -0.2) is 9.38 Å². The van der Waals surface area contributed by atoms with Gasteiger partial charge >= 0.3 is 0 Å². The number of Topliss-reactive ketones (excluding diaryl/α,β-unsaturated/α-hetero) is 1. The average molecular weight is 429 g/mol. The molecule has 1 aromatic rings. The van der Waals surface area contributed by atoms with Gasteiger partial charge in [-0.05, 0) is 74.1 Å². The summed E-state index contributed by atoms with van der Waals surface area (Å²) in [4.78, 5) is 26.6. The van der Waals surface area contributed by atoms with Gasteiger partial charge in [0.1, 0.15) is 30.5 Å². The number of amidine groups is 1. The molecule has 1 aromatic carbocycles. The molecule has 0 saturated heterocycles. The number of rotatable bonds is 4. The molecule has 3 aliphatic rings. The van der Waals surface area contributed by atoms with Crippen LogP contribution in [0.4, 0.5) is 4.39 Å². The maximum absolute atomic E-state index is 14.3. The van der Waals surface area contributed by atoms with Crippen molar-refractivity contribution in [2.24, 2.45) is 32.5 Å². The summed E-state index contributed by atoms with van der Waals surface area (Å²) in [7, 11) is 0. The van der Waals surface area contributed by atoms with Crippen molar-refractivity contribution in [1.29, 1.82) is 0 Å². The molecule has 1 aliphatic carbocycles. The lowest BCUT2D eigenvalue weighted by Gasteiger charge is -2.26. The van der Waals surface area contributed by atoms with Gasteiger partial charge < -0.3 is 10.5 Å². The number of aryl methyl sites for hydroxylation is 2. The SMILES string of the molecule is CC(=O)CCC1CC(Sc2cc3c(cc2C)CCC3F)=NC2C(N)=NCN=C2C1C. The number of carbonyl (C=O) groups is 1. The molecule has 4 unspecified atom stereocenters.